The van der Waals surface area contributed by atoms with E-state index in [9.17, 15) is 4.79 Å². The molecule has 0 radical (unpaired) electrons. The Labute approximate surface area is 147 Å². The molecule has 0 N–H and O–H groups in total. The molecule has 0 bridgehead atoms. The SMILES string of the molecule is Cc1ccc(=O)n(CC2CCN(c3cc4c(nn3)CCCC4)CC2)n1. The van der Waals surface area contributed by atoms with Gasteiger partial charge in [-0.2, -0.15) is 10.2 Å². The largest absolute Gasteiger partial charge is 0.355 e. The van der Waals surface area contributed by atoms with Gasteiger partial charge in [-0.15, -0.1) is 5.10 Å². The number of rotatable bonds is 3. The molecule has 0 atom stereocenters. The topological polar surface area (TPSA) is 63.9 Å². The summed E-state index contributed by atoms with van der Waals surface area (Å²) in [5.74, 6) is 1.51. The van der Waals surface area contributed by atoms with Gasteiger partial charge in [0.2, 0.25) is 0 Å². The van der Waals surface area contributed by atoms with E-state index in [2.05, 4.69) is 26.3 Å². The molecule has 6 nitrogen and oxygen atoms in total. The van der Waals surface area contributed by atoms with Gasteiger partial charge >= 0.3 is 0 Å². The van der Waals surface area contributed by atoms with Crippen LogP contribution in [-0.2, 0) is 19.4 Å². The van der Waals surface area contributed by atoms with Gasteiger partial charge in [-0.1, -0.05) is 0 Å². The Balaban J connectivity index is 1.40. The summed E-state index contributed by atoms with van der Waals surface area (Å²) < 4.78 is 1.62. The molecule has 0 unspecified atom stereocenters. The maximum absolute atomic E-state index is 11.9. The molecule has 1 aliphatic heterocycles. The van der Waals surface area contributed by atoms with E-state index >= 15 is 0 Å². The summed E-state index contributed by atoms with van der Waals surface area (Å²) >= 11 is 0. The van der Waals surface area contributed by atoms with E-state index in [1.165, 1.54) is 24.1 Å². The lowest BCUT2D eigenvalue weighted by atomic mass is 9.95. The van der Waals surface area contributed by atoms with Crippen LogP contribution in [0.25, 0.3) is 0 Å². The Bertz CT molecular complexity index is 808. The van der Waals surface area contributed by atoms with E-state index in [1.54, 1.807) is 16.8 Å². The molecule has 2 aromatic heterocycles. The fourth-order valence-electron chi connectivity index (χ4n) is 3.90. The minimum Gasteiger partial charge on any atom is -0.355 e. The zero-order valence-corrected chi connectivity index (χ0v) is 14.8. The number of hydrogen-bond donors (Lipinski definition) is 0. The van der Waals surface area contributed by atoms with E-state index in [0.717, 1.165) is 50.3 Å². The van der Waals surface area contributed by atoms with Crippen molar-refractivity contribution in [2.45, 2.75) is 52.0 Å². The average Bonchev–Trinajstić information content (AvgIpc) is 2.65. The second-order valence-electron chi connectivity index (χ2n) is 7.31. The molecule has 3 heterocycles. The van der Waals surface area contributed by atoms with Crippen LogP contribution in [-0.4, -0.2) is 33.1 Å². The molecule has 1 fully saturated rings. The number of hydrogen-bond acceptors (Lipinski definition) is 5. The van der Waals surface area contributed by atoms with Crippen LogP contribution in [0.2, 0.25) is 0 Å². The third-order valence-corrected chi connectivity index (χ3v) is 5.43. The minimum absolute atomic E-state index is 0.00594. The molecule has 6 heteroatoms. The van der Waals surface area contributed by atoms with Crippen molar-refractivity contribution in [1.82, 2.24) is 20.0 Å². The van der Waals surface area contributed by atoms with E-state index in [1.807, 2.05) is 6.92 Å². The van der Waals surface area contributed by atoms with Crippen LogP contribution >= 0.6 is 0 Å². The normalized spacial score (nSPS) is 18.2. The smallest absolute Gasteiger partial charge is 0.266 e. The summed E-state index contributed by atoms with van der Waals surface area (Å²) in [4.78, 5) is 14.3. The first-order valence-corrected chi connectivity index (χ1v) is 9.34. The van der Waals surface area contributed by atoms with Crippen LogP contribution in [0.3, 0.4) is 0 Å². The summed E-state index contributed by atoms with van der Waals surface area (Å²) in [7, 11) is 0. The number of nitrogens with zero attached hydrogens (tertiary/aromatic N) is 5. The molecule has 25 heavy (non-hydrogen) atoms. The van der Waals surface area contributed by atoms with Crippen LogP contribution in [0.4, 0.5) is 5.82 Å². The molecule has 0 saturated carbocycles. The van der Waals surface area contributed by atoms with Gasteiger partial charge < -0.3 is 4.90 Å². The molecule has 132 valence electrons. The van der Waals surface area contributed by atoms with Gasteiger partial charge in [0.1, 0.15) is 0 Å². The highest BCUT2D eigenvalue weighted by molar-refractivity contribution is 5.42. The van der Waals surface area contributed by atoms with Crippen LogP contribution < -0.4 is 10.5 Å². The maximum Gasteiger partial charge on any atom is 0.266 e. The van der Waals surface area contributed by atoms with Crippen LogP contribution in [0, 0.1) is 12.8 Å². The van der Waals surface area contributed by atoms with Crippen LogP contribution in [0.1, 0.15) is 42.6 Å². The molecule has 0 amide bonds. The Morgan fingerprint density at radius 2 is 1.92 bits per heavy atom. The number of fused-ring (bicyclic) bond motifs is 1. The quantitative estimate of drug-likeness (QED) is 0.857. The predicted molar refractivity (Wildman–Crippen MR) is 96.8 cm³/mol. The lowest BCUT2D eigenvalue weighted by molar-refractivity contribution is 0.333. The van der Waals surface area contributed by atoms with Crippen molar-refractivity contribution in [3.05, 3.63) is 45.5 Å². The average molecular weight is 339 g/mol. The van der Waals surface area contributed by atoms with Crippen molar-refractivity contribution in [3.63, 3.8) is 0 Å². The monoisotopic (exact) mass is 339 g/mol. The molecule has 2 aromatic rings. The Morgan fingerprint density at radius 3 is 2.76 bits per heavy atom. The van der Waals surface area contributed by atoms with Gasteiger partial charge in [0.05, 0.1) is 11.4 Å². The predicted octanol–water partition coefficient (Wildman–Crippen LogP) is 2.14. The second kappa shape index (κ2) is 6.94. The van der Waals surface area contributed by atoms with Gasteiger partial charge in [-0.05, 0) is 69.1 Å². The van der Waals surface area contributed by atoms with Crippen LogP contribution in [0.15, 0.2) is 23.0 Å². The molecule has 0 spiro atoms. The summed E-state index contributed by atoms with van der Waals surface area (Å²) in [5.41, 5.74) is 3.46. The standard InChI is InChI=1S/C19H25N5O/c1-14-6-7-19(25)24(22-14)13-15-8-10-23(11-9-15)18-12-16-4-2-3-5-17(16)20-21-18/h6-7,12,15H,2-5,8-11,13H2,1H3. The maximum atomic E-state index is 11.9. The van der Waals surface area contributed by atoms with Crippen LogP contribution in [0.5, 0.6) is 0 Å². The first-order valence-electron chi connectivity index (χ1n) is 9.34. The summed E-state index contributed by atoms with van der Waals surface area (Å²) in [5, 5.41) is 13.3. The molecular formula is C19H25N5O. The molecule has 1 saturated heterocycles. The fraction of sp³-hybridized carbons (Fsp3) is 0.579. The van der Waals surface area contributed by atoms with Crippen molar-refractivity contribution in [3.8, 4) is 0 Å². The Hall–Kier alpha value is -2.24. The van der Waals surface area contributed by atoms with Gasteiger partial charge in [0, 0.05) is 25.7 Å². The van der Waals surface area contributed by atoms with Gasteiger partial charge in [0.25, 0.3) is 5.56 Å². The molecule has 4 rings (SSSR count). The number of piperidine rings is 1. The molecule has 0 aromatic carbocycles. The highest BCUT2D eigenvalue weighted by Crippen LogP contribution is 2.26. The highest BCUT2D eigenvalue weighted by Gasteiger charge is 2.22. The second-order valence-corrected chi connectivity index (χ2v) is 7.31. The third-order valence-electron chi connectivity index (χ3n) is 5.43. The third kappa shape index (κ3) is 3.57. The number of aryl methyl sites for hydroxylation is 3. The molecule has 1 aliphatic carbocycles. The lowest BCUT2D eigenvalue weighted by Crippen LogP contribution is -2.37. The lowest BCUT2D eigenvalue weighted by Gasteiger charge is -2.33. The summed E-state index contributed by atoms with van der Waals surface area (Å²) in [6.45, 7) is 4.58. The van der Waals surface area contributed by atoms with Gasteiger partial charge in [-0.3, -0.25) is 4.79 Å². The fourth-order valence-corrected chi connectivity index (χ4v) is 3.90. The van der Waals surface area contributed by atoms with E-state index in [-0.39, 0.29) is 5.56 Å². The van der Waals surface area contributed by atoms with Gasteiger partial charge in [-0.25, -0.2) is 4.68 Å². The van der Waals surface area contributed by atoms with Crippen molar-refractivity contribution in [2.24, 2.45) is 5.92 Å². The first-order chi connectivity index (χ1) is 12.2. The van der Waals surface area contributed by atoms with E-state index < -0.39 is 0 Å². The molecule has 2 aliphatic rings. The van der Waals surface area contributed by atoms with Crippen molar-refractivity contribution < 1.29 is 0 Å². The number of anilines is 1. The van der Waals surface area contributed by atoms with E-state index in [0.29, 0.717) is 12.5 Å². The Morgan fingerprint density at radius 1 is 1.12 bits per heavy atom. The van der Waals surface area contributed by atoms with Crippen molar-refractivity contribution in [1.29, 1.82) is 0 Å². The van der Waals surface area contributed by atoms with Gasteiger partial charge in [0.15, 0.2) is 5.82 Å². The van der Waals surface area contributed by atoms with Crippen molar-refractivity contribution >= 4 is 5.82 Å². The zero-order valence-electron chi connectivity index (χ0n) is 14.8. The first kappa shape index (κ1) is 16.2. The Kier molecular flexibility index (Phi) is 4.51. The van der Waals surface area contributed by atoms with E-state index in [4.69, 9.17) is 0 Å². The zero-order chi connectivity index (χ0) is 17.2. The number of aromatic nitrogens is 4. The highest BCUT2D eigenvalue weighted by atomic mass is 16.1. The minimum atomic E-state index is -0.00594. The molecular weight excluding hydrogens is 314 g/mol. The van der Waals surface area contributed by atoms with Crippen molar-refractivity contribution in [2.75, 3.05) is 18.0 Å². The summed E-state index contributed by atoms with van der Waals surface area (Å²) in [6, 6.07) is 5.63. The summed E-state index contributed by atoms with van der Waals surface area (Å²) in [6.07, 6.45) is 6.82.